The van der Waals surface area contributed by atoms with Crippen molar-refractivity contribution in [1.29, 1.82) is 0 Å². The second-order valence-electron chi connectivity index (χ2n) is 8.20. The maximum absolute atomic E-state index is 13.1. The molecular weight excluding hydrogens is 482 g/mol. The second-order valence-corrected chi connectivity index (χ2v) is 8.60. The molecule has 0 unspecified atom stereocenters. The van der Waals surface area contributed by atoms with Crippen molar-refractivity contribution < 1.29 is 23.9 Å². The van der Waals surface area contributed by atoms with Crippen molar-refractivity contribution in [2.75, 3.05) is 16.8 Å². The van der Waals surface area contributed by atoms with Crippen molar-refractivity contribution in [3.8, 4) is 5.75 Å². The van der Waals surface area contributed by atoms with Crippen LogP contribution in [-0.2, 0) is 14.4 Å². The molecule has 0 aromatic heterocycles. The third-order valence-corrected chi connectivity index (χ3v) is 5.54. The van der Waals surface area contributed by atoms with Crippen LogP contribution < -0.4 is 20.3 Å². The van der Waals surface area contributed by atoms with Gasteiger partial charge in [0.25, 0.3) is 17.7 Å². The molecule has 0 spiro atoms. The van der Waals surface area contributed by atoms with Crippen LogP contribution in [0.5, 0.6) is 5.75 Å². The summed E-state index contributed by atoms with van der Waals surface area (Å²) in [4.78, 5) is 51.1. The van der Waals surface area contributed by atoms with Gasteiger partial charge in [0.15, 0.2) is 6.61 Å². The van der Waals surface area contributed by atoms with E-state index in [0.717, 1.165) is 16.0 Å². The number of barbiturate groups is 1. The highest BCUT2D eigenvalue weighted by atomic mass is 35.5. The Balaban J connectivity index is 1.50. The standard InChI is InChI=1S/C27H22ClN3O5/c1-16-10-17(2)12-20(11-16)31-26(34)21(25(33)30-27(31)35)13-18-8-9-23(22(28)14-18)36-15-24(32)29-19-6-4-3-5-7-19/h3-14H,15H2,1-2H3,(H,29,32)(H,30,33,35)/b21-13+. The van der Waals surface area contributed by atoms with Gasteiger partial charge in [0, 0.05) is 5.69 Å². The van der Waals surface area contributed by atoms with E-state index in [1.54, 1.807) is 42.5 Å². The van der Waals surface area contributed by atoms with Crippen LogP contribution in [0, 0.1) is 13.8 Å². The highest BCUT2D eigenvalue weighted by Crippen LogP contribution is 2.28. The van der Waals surface area contributed by atoms with Gasteiger partial charge in [-0.05, 0) is 73.0 Å². The number of amides is 5. The molecule has 182 valence electrons. The van der Waals surface area contributed by atoms with E-state index >= 15 is 0 Å². The minimum absolute atomic E-state index is 0.183. The number of imide groups is 2. The van der Waals surface area contributed by atoms with Gasteiger partial charge in [0.1, 0.15) is 11.3 Å². The molecule has 5 amide bonds. The van der Waals surface area contributed by atoms with Crippen LogP contribution in [0.25, 0.3) is 6.08 Å². The first-order valence-electron chi connectivity index (χ1n) is 11.0. The number of nitrogens with one attached hydrogen (secondary N) is 2. The number of carbonyl (C=O) groups excluding carboxylic acids is 4. The summed E-state index contributed by atoms with van der Waals surface area (Å²) in [7, 11) is 0. The van der Waals surface area contributed by atoms with E-state index in [9.17, 15) is 19.2 Å². The van der Waals surface area contributed by atoms with Gasteiger partial charge in [-0.15, -0.1) is 0 Å². The SMILES string of the molecule is Cc1cc(C)cc(N2C(=O)NC(=O)/C(=C\c3ccc(OCC(=O)Nc4ccccc4)c(Cl)c3)C2=O)c1. The molecule has 1 heterocycles. The summed E-state index contributed by atoms with van der Waals surface area (Å²) in [5.41, 5.74) is 2.96. The van der Waals surface area contributed by atoms with Crippen molar-refractivity contribution >= 4 is 52.8 Å². The van der Waals surface area contributed by atoms with Crippen LogP contribution in [0.1, 0.15) is 16.7 Å². The average Bonchev–Trinajstić information content (AvgIpc) is 2.81. The molecule has 8 nitrogen and oxygen atoms in total. The lowest BCUT2D eigenvalue weighted by atomic mass is 10.1. The predicted octanol–water partition coefficient (Wildman–Crippen LogP) is 4.64. The minimum atomic E-state index is -0.817. The number of halogens is 1. The van der Waals surface area contributed by atoms with Crippen molar-refractivity contribution in [3.63, 3.8) is 0 Å². The third kappa shape index (κ3) is 5.61. The normalized spacial score (nSPS) is 14.6. The number of anilines is 2. The number of nitrogens with zero attached hydrogens (tertiary/aromatic N) is 1. The first-order chi connectivity index (χ1) is 17.2. The van der Waals surface area contributed by atoms with Crippen LogP contribution in [0.3, 0.4) is 0 Å². The predicted molar refractivity (Wildman–Crippen MR) is 137 cm³/mol. The zero-order valence-corrected chi connectivity index (χ0v) is 20.3. The number of urea groups is 1. The maximum Gasteiger partial charge on any atom is 0.335 e. The Kier molecular flexibility index (Phi) is 7.17. The molecule has 9 heteroatoms. The molecule has 4 rings (SSSR count). The Morgan fingerprint density at radius 2 is 1.69 bits per heavy atom. The summed E-state index contributed by atoms with van der Waals surface area (Å²) in [5, 5.41) is 5.09. The number of para-hydroxylation sites is 1. The molecule has 0 aliphatic carbocycles. The summed E-state index contributed by atoms with van der Waals surface area (Å²) in [5.74, 6) is -1.65. The van der Waals surface area contributed by atoms with E-state index in [0.29, 0.717) is 16.9 Å². The molecule has 1 fully saturated rings. The van der Waals surface area contributed by atoms with E-state index in [4.69, 9.17) is 16.3 Å². The quantitative estimate of drug-likeness (QED) is 0.376. The van der Waals surface area contributed by atoms with Gasteiger partial charge in [-0.25, -0.2) is 9.69 Å². The van der Waals surface area contributed by atoms with Crippen molar-refractivity contribution in [3.05, 3.63) is 94.0 Å². The molecule has 0 saturated carbocycles. The fourth-order valence-corrected chi connectivity index (χ4v) is 3.97. The first-order valence-corrected chi connectivity index (χ1v) is 11.4. The van der Waals surface area contributed by atoms with E-state index in [2.05, 4.69) is 10.6 Å². The van der Waals surface area contributed by atoms with Crippen molar-refractivity contribution in [2.24, 2.45) is 0 Å². The fraction of sp³-hybridized carbons (Fsp3) is 0.111. The van der Waals surface area contributed by atoms with Gasteiger partial charge in [0.05, 0.1) is 10.7 Å². The van der Waals surface area contributed by atoms with Gasteiger partial charge < -0.3 is 10.1 Å². The number of hydrogen-bond donors (Lipinski definition) is 2. The van der Waals surface area contributed by atoms with Crippen molar-refractivity contribution in [2.45, 2.75) is 13.8 Å². The third-order valence-electron chi connectivity index (χ3n) is 5.25. The summed E-state index contributed by atoms with van der Waals surface area (Å²) < 4.78 is 5.51. The smallest absolute Gasteiger partial charge is 0.335 e. The molecule has 0 atom stereocenters. The highest BCUT2D eigenvalue weighted by molar-refractivity contribution is 6.39. The Labute approximate surface area is 212 Å². The second kappa shape index (κ2) is 10.5. The maximum atomic E-state index is 13.1. The summed E-state index contributed by atoms with van der Waals surface area (Å²) >= 11 is 6.31. The highest BCUT2D eigenvalue weighted by Gasteiger charge is 2.37. The Morgan fingerprint density at radius 3 is 2.36 bits per heavy atom. The van der Waals surface area contributed by atoms with Crippen LogP contribution in [0.4, 0.5) is 16.2 Å². The van der Waals surface area contributed by atoms with Crippen LogP contribution in [0.2, 0.25) is 5.02 Å². The summed E-state index contributed by atoms with van der Waals surface area (Å²) in [6.07, 6.45) is 1.34. The van der Waals surface area contributed by atoms with Gasteiger partial charge in [0.2, 0.25) is 0 Å². The van der Waals surface area contributed by atoms with E-state index in [-0.39, 0.29) is 28.9 Å². The molecule has 3 aromatic carbocycles. The molecule has 0 bridgehead atoms. The van der Waals surface area contributed by atoms with E-state index < -0.39 is 17.8 Å². The topological polar surface area (TPSA) is 105 Å². The summed E-state index contributed by atoms with van der Waals surface area (Å²) in [6.45, 7) is 3.44. The van der Waals surface area contributed by atoms with Gasteiger partial charge in [-0.2, -0.15) is 0 Å². The molecule has 1 aliphatic rings. The zero-order chi connectivity index (χ0) is 25.8. The molecule has 36 heavy (non-hydrogen) atoms. The number of hydrogen-bond acceptors (Lipinski definition) is 5. The number of carbonyl (C=O) groups is 4. The molecule has 3 aromatic rings. The number of ether oxygens (including phenoxy) is 1. The van der Waals surface area contributed by atoms with Crippen LogP contribution in [-0.4, -0.2) is 30.4 Å². The Hall–Kier alpha value is -4.43. The zero-order valence-electron chi connectivity index (χ0n) is 19.5. The number of rotatable bonds is 6. The van der Waals surface area contributed by atoms with Gasteiger partial charge >= 0.3 is 6.03 Å². The van der Waals surface area contributed by atoms with E-state index in [1.165, 1.54) is 18.2 Å². The molecule has 1 aliphatic heterocycles. The monoisotopic (exact) mass is 503 g/mol. The lowest BCUT2D eigenvalue weighted by Crippen LogP contribution is -2.54. The number of benzene rings is 3. The lowest BCUT2D eigenvalue weighted by molar-refractivity contribution is -0.122. The molecule has 0 radical (unpaired) electrons. The van der Waals surface area contributed by atoms with E-state index in [1.807, 2.05) is 26.0 Å². The minimum Gasteiger partial charge on any atom is -0.482 e. The van der Waals surface area contributed by atoms with Crippen LogP contribution in [0.15, 0.2) is 72.3 Å². The average molecular weight is 504 g/mol. The summed E-state index contributed by atoms with van der Waals surface area (Å²) in [6, 6.07) is 18.0. The van der Waals surface area contributed by atoms with Gasteiger partial charge in [-0.1, -0.05) is 41.9 Å². The van der Waals surface area contributed by atoms with Crippen molar-refractivity contribution in [1.82, 2.24) is 5.32 Å². The Morgan fingerprint density at radius 1 is 1.00 bits per heavy atom. The molecule has 2 N–H and O–H groups in total. The molecular formula is C27H22ClN3O5. The first kappa shape index (κ1) is 24.7. The lowest BCUT2D eigenvalue weighted by Gasteiger charge is -2.27. The Bertz CT molecular complexity index is 1380. The largest absolute Gasteiger partial charge is 0.482 e. The van der Waals surface area contributed by atoms with Crippen LogP contribution >= 0.6 is 11.6 Å². The molecule has 1 saturated heterocycles. The number of aryl methyl sites for hydroxylation is 2. The van der Waals surface area contributed by atoms with Gasteiger partial charge in [-0.3, -0.25) is 19.7 Å². The fourth-order valence-electron chi connectivity index (χ4n) is 3.72.